The number of hydrogen-bond acceptors (Lipinski definition) is 2. The maximum absolute atomic E-state index is 11.9. The third kappa shape index (κ3) is 5.02. The Morgan fingerprint density at radius 1 is 1.33 bits per heavy atom. The Hall–Kier alpha value is -0.480. The van der Waals surface area contributed by atoms with Gasteiger partial charge in [-0.2, -0.15) is 0 Å². The highest BCUT2D eigenvalue weighted by atomic mass is 79.9. The second-order valence-corrected chi connectivity index (χ2v) is 7.23. The molecular weight excluding hydrogens is 312 g/mol. The topological polar surface area (TPSA) is 34.1 Å². The van der Waals surface area contributed by atoms with Crippen molar-refractivity contribution in [3.8, 4) is 0 Å². The van der Waals surface area contributed by atoms with Crippen LogP contribution in [-0.4, -0.2) is 21.0 Å². The third-order valence-electron chi connectivity index (χ3n) is 2.94. The lowest BCUT2D eigenvalue weighted by Gasteiger charge is -2.08. The molecule has 1 aromatic carbocycles. The summed E-state index contributed by atoms with van der Waals surface area (Å²) in [7, 11) is -0.801. The molecule has 0 fully saturated rings. The molecule has 0 heterocycles. The zero-order chi connectivity index (χ0) is 13.5. The van der Waals surface area contributed by atoms with E-state index >= 15 is 0 Å². The average molecular weight is 331 g/mol. The molecule has 2 nitrogen and oxygen atoms in total. The van der Waals surface area contributed by atoms with Gasteiger partial charge < -0.3 is 0 Å². The molecule has 0 saturated heterocycles. The van der Waals surface area contributed by atoms with Gasteiger partial charge in [-0.05, 0) is 25.0 Å². The van der Waals surface area contributed by atoms with Crippen LogP contribution >= 0.6 is 15.9 Å². The van der Waals surface area contributed by atoms with Crippen LogP contribution in [0.1, 0.15) is 43.5 Å². The fraction of sp³-hybridized carbons (Fsp3) is 0.500. The molecule has 2 unspecified atom stereocenters. The van der Waals surface area contributed by atoms with E-state index in [2.05, 4.69) is 15.9 Å². The van der Waals surface area contributed by atoms with Crippen LogP contribution < -0.4 is 0 Å². The highest BCUT2D eigenvalue weighted by Crippen LogP contribution is 2.13. The maximum Gasteiger partial charge on any atom is 0.162 e. The summed E-state index contributed by atoms with van der Waals surface area (Å²) in [6, 6.07) is 7.37. The molecule has 0 N–H and O–H groups in total. The van der Waals surface area contributed by atoms with E-state index in [1.54, 1.807) is 0 Å². The fourth-order valence-electron chi connectivity index (χ4n) is 1.54. The zero-order valence-electron chi connectivity index (χ0n) is 10.8. The Labute approximate surface area is 120 Å². The Morgan fingerprint density at radius 2 is 1.94 bits per heavy atom. The summed E-state index contributed by atoms with van der Waals surface area (Å²) in [4.78, 5) is 11.9. The maximum atomic E-state index is 11.9. The van der Waals surface area contributed by atoms with Crippen molar-refractivity contribution in [1.82, 2.24) is 0 Å². The summed E-state index contributed by atoms with van der Waals surface area (Å²) in [5.74, 6) is 0.751. The first kappa shape index (κ1) is 15.6. The quantitative estimate of drug-likeness (QED) is 0.709. The number of rotatable bonds is 7. The Morgan fingerprint density at radius 3 is 2.50 bits per heavy atom. The first-order chi connectivity index (χ1) is 8.54. The first-order valence-electron chi connectivity index (χ1n) is 6.20. The molecule has 18 heavy (non-hydrogen) atoms. The molecule has 2 atom stereocenters. The van der Waals surface area contributed by atoms with Crippen molar-refractivity contribution < 1.29 is 9.00 Å². The second-order valence-electron chi connectivity index (χ2n) is 4.34. The van der Waals surface area contributed by atoms with E-state index in [-0.39, 0.29) is 11.0 Å². The van der Waals surface area contributed by atoms with Crippen LogP contribution in [-0.2, 0) is 10.8 Å². The minimum Gasteiger partial charge on any atom is -0.294 e. The third-order valence-corrected chi connectivity index (χ3v) is 5.39. The van der Waals surface area contributed by atoms with Crippen LogP contribution in [0.25, 0.3) is 0 Å². The van der Waals surface area contributed by atoms with Crippen LogP contribution in [0.5, 0.6) is 0 Å². The number of Topliss-reactive ketones (excluding diaryl/α,β-unsaturated/α-hetero) is 1. The van der Waals surface area contributed by atoms with Gasteiger partial charge in [0, 0.05) is 38.3 Å². The van der Waals surface area contributed by atoms with Gasteiger partial charge in [0.15, 0.2) is 5.78 Å². The van der Waals surface area contributed by atoms with E-state index < -0.39 is 10.8 Å². The molecule has 0 saturated carbocycles. The Balaban J connectivity index is 2.38. The zero-order valence-corrected chi connectivity index (χ0v) is 13.2. The average Bonchev–Trinajstić information content (AvgIpc) is 2.38. The van der Waals surface area contributed by atoms with Crippen LogP contribution in [0.4, 0.5) is 0 Å². The van der Waals surface area contributed by atoms with Gasteiger partial charge in [-0.15, -0.1) is 0 Å². The standard InChI is InChI=1S/C14H19BrO2S/c1-3-11(2)18(17)10-4-5-14(16)12-6-8-13(15)9-7-12/h6-9,11H,3-5,10H2,1-2H3. The highest BCUT2D eigenvalue weighted by molar-refractivity contribution is 9.10. The highest BCUT2D eigenvalue weighted by Gasteiger charge is 2.10. The van der Waals surface area contributed by atoms with Crippen molar-refractivity contribution in [2.24, 2.45) is 0 Å². The normalized spacial score (nSPS) is 14.2. The molecule has 0 bridgehead atoms. The molecule has 100 valence electrons. The van der Waals surface area contributed by atoms with Crippen LogP contribution in [0.3, 0.4) is 0 Å². The smallest absolute Gasteiger partial charge is 0.162 e. The summed E-state index contributed by atoms with van der Waals surface area (Å²) in [5.41, 5.74) is 0.729. The van der Waals surface area contributed by atoms with Crippen LogP contribution in [0, 0.1) is 0 Å². The van der Waals surface area contributed by atoms with E-state index in [4.69, 9.17) is 0 Å². The summed E-state index contributed by atoms with van der Waals surface area (Å²) in [6.45, 7) is 4.03. The van der Waals surface area contributed by atoms with E-state index in [0.717, 1.165) is 16.5 Å². The van der Waals surface area contributed by atoms with E-state index in [0.29, 0.717) is 18.6 Å². The minimum absolute atomic E-state index is 0.128. The van der Waals surface area contributed by atoms with Crippen molar-refractivity contribution >= 4 is 32.5 Å². The van der Waals surface area contributed by atoms with Gasteiger partial charge in [-0.25, -0.2) is 0 Å². The molecule has 0 aliphatic heterocycles. The summed E-state index contributed by atoms with van der Waals surface area (Å²) >= 11 is 3.34. The van der Waals surface area contributed by atoms with Gasteiger partial charge in [0.2, 0.25) is 0 Å². The monoisotopic (exact) mass is 330 g/mol. The summed E-state index contributed by atoms with van der Waals surface area (Å²) < 4.78 is 12.7. The molecule has 0 aliphatic carbocycles. The SMILES string of the molecule is CCC(C)S(=O)CCCC(=O)c1ccc(Br)cc1. The number of hydrogen-bond donors (Lipinski definition) is 0. The molecule has 0 aliphatic rings. The Bertz CT molecular complexity index is 414. The lowest BCUT2D eigenvalue weighted by molar-refractivity contribution is 0.0982. The summed E-state index contributed by atoms with van der Waals surface area (Å²) in [6.07, 6.45) is 2.10. The number of ketones is 1. The second kappa shape index (κ2) is 7.85. The molecule has 4 heteroatoms. The van der Waals surface area contributed by atoms with Gasteiger partial charge in [-0.3, -0.25) is 9.00 Å². The van der Waals surface area contributed by atoms with Crippen molar-refractivity contribution in [2.75, 3.05) is 5.75 Å². The number of carbonyl (C=O) groups excluding carboxylic acids is 1. The van der Waals surface area contributed by atoms with Crippen LogP contribution in [0.15, 0.2) is 28.7 Å². The predicted octanol–water partition coefficient (Wildman–Crippen LogP) is 3.96. The van der Waals surface area contributed by atoms with Gasteiger partial charge in [0.1, 0.15) is 0 Å². The minimum atomic E-state index is -0.801. The lowest BCUT2D eigenvalue weighted by Crippen LogP contribution is -2.13. The van der Waals surface area contributed by atoms with Gasteiger partial charge in [0.25, 0.3) is 0 Å². The fourth-order valence-corrected chi connectivity index (χ4v) is 3.01. The van der Waals surface area contributed by atoms with Crippen molar-refractivity contribution in [3.63, 3.8) is 0 Å². The van der Waals surface area contributed by atoms with Crippen molar-refractivity contribution in [2.45, 2.75) is 38.4 Å². The Kier molecular flexibility index (Phi) is 6.79. The molecule has 0 radical (unpaired) electrons. The van der Waals surface area contributed by atoms with Gasteiger partial charge >= 0.3 is 0 Å². The van der Waals surface area contributed by atoms with Gasteiger partial charge in [-0.1, -0.05) is 41.9 Å². The van der Waals surface area contributed by atoms with Gasteiger partial charge in [0.05, 0.1) is 0 Å². The lowest BCUT2D eigenvalue weighted by atomic mass is 10.1. The molecular formula is C14H19BrO2S. The van der Waals surface area contributed by atoms with E-state index in [1.165, 1.54) is 0 Å². The largest absolute Gasteiger partial charge is 0.294 e. The number of carbonyl (C=O) groups is 1. The van der Waals surface area contributed by atoms with E-state index in [9.17, 15) is 9.00 Å². The summed E-state index contributed by atoms with van der Waals surface area (Å²) in [5, 5.41) is 0.229. The molecule has 0 amide bonds. The number of halogens is 1. The first-order valence-corrected chi connectivity index (χ1v) is 8.38. The molecule has 0 spiro atoms. The van der Waals surface area contributed by atoms with Crippen molar-refractivity contribution in [3.05, 3.63) is 34.3 Å². The molecule has 1 aromatic rings. The predicted molar refractivity (Wildman–Crippen MR) is 80.5 cm³/mol. The van der Waals surface area contributed by atoms with Crippen LogP contribution in [0.2, 0.25) is 0 Å². The molecule has 1 rings (SSSR count). The molecule has 0 aromatic heterocycles. The number of benzene rings is 1. The van der Waals surface area contributed by atoms with E-state index in [1.807, 2.05) is 38.1 Å². The van der Waals surface area contributed by atoms with Crippen molar-refractivity contribution in [1.29, 1.82) is 0 Å².